The van der Waals surface area contributed by atoms with Crippen molar-refractivity contribution in [2.24, 2.45) is 10.3 Å². The van der Waals surface area contributed by atoms with E-state index < -0.39 is 11.8 Å². The van der Waals surface area contributed by atoms with E-state index in [1.54, 1.807) is 21.6 Å². The SMILES string of the molecule is CCCOc1ccc(C/C(=N/O)C(=O)NCCSSCCNC(=O)/C(Cc2ccc(OCCC)cc2)=N/O)cc1. The van der Waals surface area contributed by atoms with Crippen LogP contribution >= 0.6 is 21.6 Å². The van der Waals surface area contributed by atoms with E-state index in [0.29, 0.717) is 37.8 Å². The van der Waals surface area contributed by atoms with E-state index in [2.05, 4.69) is 20.9 Å². The second-order valence-corrected chi connectivity index (χ2v) is 11.3. The number of carbonyl (C=O) groups excluding carboxylic acids is 2. The summed E-state index contributed by atoms with van der Waals surface area (Å²) in [7, 11) is 3.09. The van der Waals surface area contributed by atoms with Gasteiger partial charge in [0.2, 0.25) is 0 Å². The van der Waals surface area contributed by atoms with Crippen LogP contribution in [-0.2, 0) is 22.4 Å². The predicted molar refractivity (Wildman–Crippen MR) is 161 cm³/mol. The highest BCUT2D eigenvalue weighted by molar-refractivity contribution is 8.76. The van der Waals surface area contributed by atoms with Gasteiger partial charge in [0.05, 0.1) is 13.2 Å². The third-order valence-electron chi connectivity index (χ3n) is 5.33. The molecule has 2 rings (SSSR count). The number of amides is 2. The smallest absolute Gasteiger partial charge is 0.269 e. The van der Waals surface area contributed by atoms with Crippen molar-refractivity contribution in [3.8, 4) is 11.5 Å². The van der Waals surface area contributed by atoms with Crippen molar-refractivity contribution in [1.29, 1.82) is 0 Å². The second-order valence-electron chi connectivity index (χ2n) is 8.59. The lowest BCUT2D eigenvalue weighted by Crippen LogP contribution is -2.34. The lowest BCUT2D eigenvalue weighted by atomic mass is 10.1. The Hall–Kier alpha value is -3.38. The van der Waals surface area contributed by atoms with Crippen LogP contribution in [0, 0.1) is 0 Å². The number of ether oxygens (including phenoxy) is 2. The minimum atomic E-state index is -0.425. The van der Waals surface area contributed by atoms with E-state index in [9.17, 15) is 20.0 Å². The highest BCUT2D eigenvalue weighted by atomic mass is 33.1. The Morgan fingerprint density at radius 3 is 1.40 bits per heavy atom. The minimum Gasteiger partial charge on any atom is -0.494 e. The third-order valence-corrected chi connectivity index (χ3v) is 7.73. The van der Waals surface area contributed by atoms with E-state index in [0.717, 1.165) is 35.5 Å². The molecule has 2 aromatic carbocycles. The lowest BCUT2D eigenvalue weighted by molar-refractivity contribution is -0.115. The van der Waals surface area contributed by atoms with Crippen LogP contribution in [0.1, 0.15) is 37.8 Å². The number of carbonyl (C=O) groups is 2. The molecule has 0 aliphatic carbocycles. The van der Waals surface area contributed by atoms with Gasteiger partial charge in [-0.3, -0.25) is 9.59 Å². The molecule has 40 heavy (non-hydrogen) atoms. The first-order valence-electron chi connectivity index (χ1n) is 13.2. The molecule has 0 unspecified atom stereocenters. The van der Waals surface area contributed by atoms with E-state index in [4.69, 9.17) is 9.47 Å². The van der Waals surface area contributed by atoms with Gasteiger partial charge in [-0.1, -0.05) is 70.0 Å². The molecule has 0 aliphatic heterocycles. The van der Waals surface area contributed by atoms with Crippen molar-refractivity contribution < 1.29 is 29.5 Å². The van der Waals surface area contributed by atoms with Crippen LogP contribution in [0.2, 0.25) is 0 Å². The van der Waals surface area contributed by atoms with Gasteiger partial charge in [0.15, 0.2) is 0 Å². The number of nitrogens with zero attached hydrogens (tertiary/aromatic N) is 2. The molecule has 2 aromatic rings. The lowest BCUT2D eigenvalue weighted by Gasteiger charge is -2.09. The van der Waals surface area contributed by atoms with Crippen molar-refractivity contribution in [2.75, 3.05) is 37.8 Å². The molecule has 0 radical (unpaired) electrons. The molecule has 0 atom stereocenters. The summed E-state index contributed by atoms with van der Waals surface area (Å²) in [5.74, 6) is 1.93. The standard InChI is InChI=1S/C28H38N4O6S2/c1-3-15-37-23-9-5-21(6-10-23)19-25(31-35)27(33)29-13-17-39-40-18-14-30-28(34)26(32-36)20-22-7-11-24(12-8-22)38-16-4-2/h5-12,35-36H,3-4,13-20H2,1-2H3,(H,29,33)(H,30,34)/b31-25-,32-26+. The Labute approximate surface area is 243 Å². The molecule has 4 N–H and O–H groups in total. The molecule has 2 amide bonds. The van der Waals surface area contributed by atoms with Gasteiger partial charge in [-0.25, -0.2) is 0 Å². The largest absolute Gasteiger partial charge is 0.494 e. The van der Waals surface area contributed by atoms with E-state index in [1.165, 1.54) is 0 Å². The van der Waals surface area contributed by atoms with Gasteiger partial charge in [-0.05, 0) is 48.2 Å². The Morgan fingerprint density at radius 2 is 1.07 bits per heavy atom. The van der Waals surface area contributed by atoms with Gasteiger partial charge in [0.25, 0.3) is 11.8 Å². The third kappa shape index (κ3) is 12.6. The fourth-order valence-electron chi connectivity index (χ4n) is 3.29. The predicted octanol–water partition coefficient (Wildman–Crippen LogP) is 4.32. The normalized spacial score (nSPS) is 11.7. The highest BCUT2D eigenvalue weighted by Crippen LogP contribution is 2.19. The fourth-order valence-corrected chi connectivity index (χ4v) is 5.10. The van der Waals surface area contributed by atoms with Crippen LogP contribution < -0.4 is 20.1 Å². The van der Waals surface area contributed by atoms with Crippen molar-refractivity contribution >= 4 is 44.8 Å². The summed E-state index contributed by atoms with van der Waals surface area (Å²) in [5, 5.41) is 30.4. The van der Waals surface area contributed by atoms with Crippen LogP contribution in [0.25, 0.3) is 0 Å². The second kappa shape index (κ2) is 19.6. The number of rotatable bonds is 19. The van der Waals surface area contributed by atoms with Crippen LogP contribution in [0.4, 0.5) is 0 Å². The summed E-state index contributed by atoms with van der Waals surface area (Å²) in [6.45, 7) is 6.14. The summed E-state index contributed by atoms with van der Waals surface area (Å²) in [6.07, 6.45) is 2.25. The minimum absolute atomic E-state index is 0.0321. The summed E-state index contributed by atoms with van der Waals surface area (Å²) in [5.41, 5.74) is 1.74. The number of hydrogen-bond donors (Lipinski definition) is 4. The van der Waals surface area contributed by atoms with Crippen molar-refractivity contribution in [1.82, 2.24) is 10.6 Å². The molecule has 0 fully saturated rings. The molecule has 0 heterocycles. The van der Waals surface area contributed by atoms with E-state index in [1.807, 2.05) is 62.4 Å². The first-order valence-corrected chi connectivity index (χ1v) is 15.7. The fraction of sp³-hybridized carbons (Fsp3) is 0.429. The monoisotopic (exact) mass is 590 g/mol. The van der Waals surface area contributed by atoms with Crippen molar-refractivity contribution in [3.05, 3.63) is 59.7 Å². The van der Waals surface area contributed by atoms with Gasteiger partial charge in [0, 0.05) is 37.4 Å². The Bertz CT molecular complexity index is 1010. The molecular weight excluding hydrogens is 552 g/mol. The van der Waals surface area contributed by atoms with Gasteiger partial charge < -0.3 is 30.5 Å². The van der Waals surface area contributed by atoms with E-state index >= 15 is 0 Å². The Balaban J connectivity index is 1.59. The first-order chi connectivity index (χ1) is 19.5. The maximum absolute atomic E-state index is 12.4. The van der Waals surface area contributed by atoms with Gasteiger partial charge in [0.1, 0.15) is 22.9 Å². The summed E-state index contributed by atoms with van der Waals surface area (Å²) in [4.78, 5) is 24.7. The maximum Gasteiger partial charge on any atom is 0.269 e. The highest BCUT2D eigenvalue weighted by Gasteiger charge is 2.14. The number of benzene rings is 2. The van der Waals surface area contributed by atoms with Gasteiger partial charge in [-0.2, -0.15) is 0 Å². The topological polar surface area (TPSA) is 142 Å². The molecule has 0 spiro atoms. The number of oxime groups is 2. The van der Waals surface area contributed by atoms with Crippen LogP contribution in [-0.4, -0.2) is 71.5 Å². The molecule has 10 nitrogen and oxygen atoms in total. The van der Waals surface area contributed by atoms with E-state index in [-0.39, 0.29) is 24.3 Å². The molecule has 0 aliphatic rings. The molecular formula is C28H38N4O6S2. The molecule has 0 saturated carbocycles. The Kier molecular flexibility index (Phi) is 16.1. The van der Waals surface area contributed by atoms with Crippen molar-refractivity contribution in [3.63, 3.8) is 0 Å². The number of nitrogens with one attached hydrogen (secondary N) is 2. The zero-order chi connectivity index (χ0) is 29.0. The summed E-state index contributed by atoms with van der Waals surface area (Å²) < 4.78 is 11.1. The molecule has 12 heteroatoms. The average Bonchev–Trinajstić information content (AvgIpc) is 2.98. The quantitative estimate of drug-likeness (QED) is 0.0623. The van der Waals surface area contributed by atoms with Gasteiger partial charge in [-0.15, -0.1) is 0 Å². The first kappa shape index (κ1) is 32.8. The molecule has 0 saturated heterocycles. The number of hydrogen-bond acceptors (Lipinski definition) is 10. The average molecular weight is 591 g/mol. The Morgan fingerprint density at radius 1 is 0.700 bits per heavy atom. The molecule has 0 bridgehead atoms. The zero-order valence-electron chi connectivity index (χ0n) is 22.9. The molecule has 0 aromatic heterocycles. The van der Waals surface area contributed by atoms with Crippen LogP contribution in [0.15, 0.2) is 58.8 Å². The zero-order valence-corrected chi connectivity index (χ0v) is 24.6. The maximum atomic E-state index is 12.4. The van der Waals surface area contributed by atoms with Crippen LogP contribution in [0.3, 0.4) is 0 Å². The molecule has 218 valence electrons. The van der Waals surface area contributed by atoms with Crippen molar-refractivity contribution in [2.45, 2.75) is 39.5 Å². The van der Waals surface area contributed by atoms with Gasteiger partial charge >= 0.3 is 0 Å². The summed E-state index contributed by atoms with van der Waals surface area (Å²) >= 11 is 0. The van der Waals surface area contributed by atoms with Crippen LogP contribution in [0.5, 0.6) is 11.5 Å². The summed E-state index contributed by atoms with van der Waals surface area (Å²) in [6, 6.07) is 14.7.